The van der Waals surface area contributed by atoms with Crippen LogP contribution in [0.15, 0.2) is 15.9 Å². The molecular weight excluding hydrogens is 356 g/mol. The number of piperazine rings is 1. The first-order valence-corrected chi connectivity index (χ1v) is 8.76. The zero-order valence-corrected chi connectivity index (χ0v) is 14.0. The van der Waals surface area contributed by atoms with Gasteiger partial charge in [0.25, 0.3) is 11.8 Å². The first-order chi connectivity index (χ1) is 10.1. The van der Waals surface area contributed by atoms with Crippen molar-refractivity contribution < 1.29 is 14.3 Å². The van der Waals surface area contributed by atoms with Gasteiger partial charge in [-0.2, -0.15) is 0 Å². The van der Waals surface area contributed by atoms with Crippen molar-refractivity contribution in [3.8, 4) is 0 Å². The molecule has 0 aliphatic carbocycles. The van der Waals surface area contributed by atoms with E-state index < -0.39 is 0 Å². The minimum atomic E-state index is -0.263. The van der Waals surface area contributed by atoms with Gasteiger partial charge in [0.2, 0.25) is 0 Å². The van der Waals surface area contributed by atoms with Gasteiger partial charge in [-0.05, 0) is 34.8 Å². The van der Waals surface area contributed by atoms with E-state index in [2.05, 4.69) is 15.9 Å². The Morgan fingerprint density at radius 3 is 2.52 bits per heavy atom. The molecular formula is C14H17BrN2O3S. The first kappa shape index (κ1) is 15.0. The lowest BCUT2D eigenvalue weighted by molar-refractivity contribution is -0.142. The summed E-state index contributed by atoms with van der Waals surface area (Å²) in [7, 11) is 0. The first-order valence-electron chi connectivity index (χ1n) is 7.09. The molecule has 2 aliphatic heterocycles. The van der Waals surface area contributed by atoms with Crippen LogP contribution in [-0.2, 0) is 9.53 Å². The zero-order chi connectivity index (χ0) is 14.8. The van der Waals surface area contributed by atoms with Crippen LogP contribution in [0.1, 0.15) is 22.5 Å². The number of amides is 2. The minimum absolute atomic E-state index is 0.0508. The normalized spacial score (nSPS) is 22.6. The number of thiophene rings is 1. The molecule has 0 radical (unpaired) electrons. The maximum atomic E-state index is 12.3. The van der Waals surface area contributed by atoms with Crippen molar-refractivity contribution in [2.24, 2.45) is 0 Å². The molecule has 2 amide bonds. The highest BCUT2D eigenvalue weighted by Crippen LogP contribution is 2.22. The molecule has 3 heterocycles. The van der Waals surface area contributed by atoms with Crippen LogP contribution < -0.4 is 0 Å². The van der Waals surface area contributed by atoms with E-state index in [9.17, 15) is 9.59 Å². The molecule has 2 saturated heterocycles. The van der Waals surface area contributed by atoms with Crippen molar-refractivity contribution in [1.29, 1.82) is 0 Å². The Kier molecular flexibility index (Phi) is 4.61. The van der Waals surface area contributed by atoms with Crippen LogP contribution in [0.5, 0.6) is 0 Å². The predicted molar refractivity (Wildman–Crippen MR) is 83.5 cm³/mol. The summed E-state index contributed by atoms with van der Waals surface area (Å²) in [5.41, 5.74) is 0. The van der Waals surface area contributed by atoms with Gasteiger partial charge in [-0.3, -0.25) is 9.59 Å². The van der Waals surface area contributed by atoms with E-state index >= 15 is 0 Å². The van der Waals surface area contributed by atoms with Crippen molar-refractivity contribution in [2.75, 3.05) is 32.8 Å². The van der Waals surface area contributed by atoms with E-state index in [0.29, 0.717) is 32.8 Å². The van der Waals surface area contributed by atoms with E-state index in [4.69, 9.17) is 4.74 Å². The molecule has 1 unspecified atom stereocenters. The quantitative estimate of drug-likeness (QED) is 0.797. The van der Waals surface area contributed by atoms with Crippen LogP contribution >= 0.6 is 27.3 Å². The highest BCUT2D eigenvalue weighted by Gasteiger charge is 2.31. The van der Waals surface area contributed by atoms with Gasteiger partial charge in [-0.1, -0.05) is 0 Å². The Balaban J connectivity index is 1.55. The number of hydrogen-bond acceptors (Lipinski definition) is 4. The van der Waals surface area contributed by atoms with Crippen molar-refractivity contribution in [3.63, 3.8) is 0 Å². The van der Waals surface area contributed by atoms with Gasteiger partial charge in [0.05, 0.1) is 4.88 Å². The molecule has 0 bridgehead atoms. The SMILES string of the molecule is O=C(c1cc(Br)cs1)N1CCN(C(=O)C2CCCO2)CC1. The minimum Gasteiger partial charge on any atom is -0.368 e. The number of halogens is 1. The van der Waals surface area contributed by atoms with Gasteiger partial charge in [0, 0.05) is 42.6 Å². The van der Waals surface area contributed by atoms with Gasteiger partial charge in [0.1, 0.15) is 6.10 Å². The van der Waals surface area contributed by atoms with Crippen LogP contribution in [0.3, 0.4) is 0 Å². The average Bonchev–Trinajstić information content (AvgIpc) is 3.17. The fourth-order valence-corrected chi connectivity index (χ4v) is 4.08. The van der Waals surface area contributed by atoms with Crippen molar-refractivity contribution >= 4 is 39.1 Å². The zero-order valence-electron chi connectivity index (χ0n) is 11.6. The summed E-state index contributed by atoms with van der Waals surface area (Å²) in [6.45, 7) is 3.05. The van der Waals surface area contributed by atoms with Crippen LogP contribution in [0.2, 0.25) is 0 Å². The Labute approximate surface area is 136 Å². The van der Waals surface area contributed by atoms with Crippen LogP contribution in [0.25, 0.3) is 0 Å². The van der Waals surface area contributed by atoms with Crippen molar-refractivity contribution in [3.05, 3.63) is 20.8 Å². The van der Waals surface area contributed by atoms with E-state index in [-0.39, 0.29) is 17.9 Å². The second-order valence-electron chi connectivity index (χ2n) is 5.25. The van der Waals surface area contributed by atoms with Crippen LogP contribution in [0.4, 0.5) is 0 Å². The van der Waals surface area contributed by atoms with Gasteiger partial charge in [-0.15, -0.1) is 11.3 Å². The Morgan fingerprint density at radius 1 is 1.24 bits per heavy atom. The van der Waals surface area contributed by atoms with E-state index in [0.717, 1.165) is 22.2 Å². The summed E-state index contributed by atoms with van der Waals surface area (Å²) in [6.07, 6.45) is 1.52. The molecule has 3 rings (SSSR count). The van der Waals surface area contributed by atoms with Gasteiger partial charge < -0.3 is 14.5 Å². The number of rotatable bonds is 2. The topological polar surface area (TPSA) is 49.9 Å². The molecule has 7 heteroatoms. The summed E-state index contributed by atoms with van der Waals surface area (Å²) in [5, 5.41) is 1.91. The van der Waals surface area contributed by atoms with E-state index in [1.165, 1.54) is 11.3 Å². The lowest BCUT2D eigenvalue weighted by Crippen LogP contribution is -2.52. The standard InChI is InChI=1S/C14H17BrN2O3S/c15-10-8-12(21-9-10)14(19)17-5-3-16(4-6-17)13(18)11-2-1-7-20-11/h8-9,11H,1-7H2. The summed E-state index contributed by atoms with van der Waals surface area (Å²) >= 11 is 4.80. The summed E-state index contributed by atoms with van der Waals surface area (Å²) in [5.74, 6) is 0.133. The van der Waals surface area contributed by atoms with Crippen LogP contribution in [-0.4, -0.2) is 60.5 Å². The molecule has 0 spiro atoms. The Bertz CT molecular complexity index is 534. The van der Waals surface area contributed by atoms with Crippen LogP contribution in [0, 0.1) is 0 Å². The van der Waals surface area contributed by atoms with Gasteiger partial charge in [0.15, 0.2) is 0 Å². The number of carbonyl (C=O) groups excluding carboxylic acids is 2. The third-order valence-electron chi connectivity index (χ3n) is 3.86. The van der Waals surface area contributed by atoms with Crippen molar-refractivity contribution in [1.82, 2.24) is 9.80 Å². The van der Waals surface area contributed by atoms with Gasteiger partial charge in [-0.25, -0.2) is 0 Å². The molecule has 5 nitrogen and oxygen atoms in total. The lowest BCUT2D eigenvalue weighted by atomic mass is 10.2. The van der Waals surface area contributed by atoms with E-state index in [1.54, 1.807) is 0 Å². The lowest BCUT2D eigenvalue weighted by Gasteiger charge is -2.35. The molecule has 114 valence electrons. The second-order valence-corrected chi connectivity index (χ2v) is 7.08. The largest absolute Gasteiger partial charge is 0.368 e. The summed E-state index contributed by atoms with van der Waals surface area (Å²) in [4.78, 5) is 29.0. The monoisotopic (exact) mass is 372 g/mol. The molecule has 21 heavy (non-hydrogen) atoms. The fraction of sp³-hybridized carbons (Fsp3) is 0.571. The highest BCUT2D eigenvalue weighted by molar-refractivity contribution is 9.10. The third-order valence-corrected chi connectivity index (χ3v) is 5.54. The molecule has 1 aromatic rings. The Hall–Kier alpha value is -0.920. The molecule has 0 aromatic carbocycles. The third kappa shape index (κ3) is 3.30. The fourth-order valence-electron chi connectivity index (χ4n) is 2.69. The number of carbonyl (C=O) groups is 2. The maximum Gasteiger partial charge on any atom is 0.264 e. The maximum absolute atomic E-state index is 12.3. The highest BCUT2D eigenvalue weighted by atomic mass is 79.9. The Morgan fingerprint density at radius 2 is 1.95 bits per heavy atom. The van der Waals surface area contributed by atoms with Gasteiger partial charge >= 0.3 is 0 Å². The average molecular weight is 373 g/mol. The molecule has 2 aliphatic rings. The van der Waals surface area contributed by atoms with Crippen molar-refractivity contribution in [2.45, 2.75) is 18.9 Å². The number of hydrogen-bond donors (Lipinski definition) is 0. The summed E-state index contributed by atoms with van der Waals surface area (Å²) in [6, 6.07) is 1.84. The molecule has 1 aromatic heterocycles. The molecule has 0 N–H and O–H groups in total. The number of ether oxygens (including phenoxy) is 1. The molecule has 1 atom stereocenters. The smallest absolute Gasteiger partial charge is 0.264 e. The second kappa shape index (κ2) is 6.46. The molecule has 2 fully saturated rings. The molecule has 0 saturated carbocycles. The predicted octanol–water partition coefficient (Wildman–Crippen LogP) is 1.97. The number of nitrogens with zero attached hydrogens (tertiary/aromatic N) is 2. The summed E-state index contributed by atoms with van der Waals surface area (Å²) < 4.78 is 6.37. The van der Waals surface area contributed by atoms with E-state index in [1.807, 2.05) is 21.2 Å².